The van der Waals surface area contributed by atoms with Gasteiger partial charge in [-0.05, 0) is 35.7 Å². The Morgan fingerprint density at radius 1 is 1.00 bits per heavy atom. The molecule has 1 heterocycles. The van der Waals surface area contributed by atoms with E-state index in [1.54, 1.807) is 0 Å². The van der Waals surface area contributed by atoms with Gasteiger partial charge in [0.1, 0.15) is 0 Å². The Balaban J connectivity index is 1.34. The minimum absolute atomic E-state index is 0.156. The van der Waals surface area contributed by atoms with E-state index in [1.807, 2.05) is 30.3 Å². The molecular weight excluding hydrogens is 304 g/mol. The van der Waals surface area contributed by atoms with E-state index in [0.29, 0.717) is 11.8 Å². The maximum absolute atomic E-state index is 12.7. The van der Waals surface area contributed by atoms with Crippen LogP contribution in [0.2, 0.25) is 0 Å². The molecule has 6 atom stereocenters. The van der Waals surface area contributed by atoms with Gasteiger partial charge < -0.3 is 0 Å². The van der Waals surface area contributed by atoms with Crippen LogP contribution >= 0.6 is 0 Å². The summed E-state index contributed by atoms with van der Waals surface area (Å²) < 4.78 is 0. The average molecular weight is 322 g/mol. The number of imide groups is 1. The van der Waals surface area contributed by atoms with Crippen molar-refractivity contribution in [3.05, 3.63) is 48.0 Å². The van der Waals surface area contributed by atoms with Crippen LogP contribution in [-0.4, -0.2) is 22.7 Å². The summed E-state index contributed by atoms with van der Waals surface area (Å²) in [5.41, 5.74) is 3.41. The maximum atomic E-state index is 12.7. The van der Waals surface area contributed by atoms with Crippen LogP contribution in [0.15, 0.2) is 42.5 Å². The standard InChI is InChI=1S/C19H18N2O3/c22-15(8-10-4-2-1-3-5-10)20-21-18(23)16-11-6-7-12(14-9-13(11)14)17(16)19(21)24/h1-7,11-14,16-17H,8-9H2,(H,20,22)/t11-,12-,13-,14-,16-,17+/m1/s1. The molecule has 1 aromatic carbocycles. The number of nitrogens with zero attached hydrogens (tertiary/aromatic N) is 1. The van der Waals surface area contributed by atoms with Crippen LogP contribution in [0.5, 0.6) is 0 Å². The monoisotopic (exact) mass is 322 g/mol. The molecule has 1 aliphatic heterocycles. The molecule has 3 amide bonds. The second kappa shape index (κ2) is 4.79. The van der Waals surface area contributed by atoms with Gasteiger partial charge in [0.25, 0.3) is 11.8 Å². The molecule has 0 radical (unpaired) electrons. The Kier molecular flexibility index (Phi) is 2.78. The molecule has 6 rings (SSSR count). The molecule has 0 aromatic heterocycles. The van der Waals surface area contributed by atoms with Crippen molar-refractivity contribution in [2.45, 2.75) is 12.8 Å². The first-order valence-electron chi connectivity index (χ1n) is 8.54. The van der Waals surface area contributed by atoms with Crippen molar-refractivity contribution in [1.82, 2.24) is 10.4 Å². The molecule has 3 fully saturated rings. The van der Waals surface area contributed by atoms with E-state index in [0.717, 1.165) is 17.0 Å². The zero-order valence-corrected chi connectivity index (χ0v) is 13.1. The number of nitrogens with one attached hydrogen (secondary N) is 1. The van der Waals surface area contributed by atoms with Crippen LogP contribution in [0.3, 0.4) is 0 Å². The molecular formula is C19H18N2O3. The molecule has 5 aliphatic rings. The molecule has 24 heavy (non-hydrogen) atoms. The lowest BCUT2D eigenvalue weighted by atomic mass is 9.63. The third-order valence-corrected chi connectivity index (χ3v) is 6.11. The quantitative estimate of drug-likeness (QED) is 0.674. The van der Waals surface area contributed by atoms with Gasteiger partial charge >= 0.3 is 0 Å². The zero-order valence-electron chi connectivity index (χ0n) is 13.1. The first-order chi connectivity index (χ1) is 11.6. The lowest BCUT2D eigenvalue weighted by Gasteiger charge is -2.37. The van der Waals surface area contributed by atoms with Crippen LogP contribution in [0.1, 0.15) is 12.0 Å². The Morgan fingerprint density at radius 3 is 2.17 bits per heavy atom. The van der Waals surface area contributed by atoms with Crippen molar-refractivity contribution >= 4 is 17.7 Å². The lowest BCUT2D eigenvalue weighted by Crippen LogP contribution is -2.47. The van der Waals surface area contributed by atoms with Gasteiger partial charge in [0.05, 0.1) is 18.3 Å². The van der Waals surface area contributed by atoms with Crippen molar-refractivity contribution in [3.8, 4) is 0 Å². The Morgan fingerprint density at radius 2 is 1.58 bits per heavy atom. The van der Waals surface area contributed by atoms with Gasteiger partial charge in [0.15, 0.2) is 0 Å². The predicted octanol–water partition coefficient (Wildman–Crippen LogP) is 1.31. The number of carbonyl (C=O) groups excluding carboxylic acids is 3. The highest BCUT2D eigenvalue weighted by atomic mass is 16.2. The maximum Gasteiger partial charge on any atom is 0.252 e. The van der Waals surface area contributed by atoms with Gasteiger partial charge in [-0.25, -0.2) is 0 Å². The molecule has 2 bridgehead atoms. The van der Waals surface area contributed by atoms with Crippen LogP contribution in [0.25, 0.3) is 0 Å². The van der Waals surface area contributed by atoms with Gasteiger partial charge in [-0.2, -0.15) is 5.01 Å². The van der Waals surface area contributed by atoms with Crippen LogP contribution < -0.4 is 5.43 Å². The Bertz CT molecular complexity index is 736. The molecule has 0 spiro atoms. The van der Waals surface area contributed by atoms with Crippen molar-refractivity contribution in [2.24, 2.45) is 35.5 Å². The second-order valence-corrected chi connectivity index (χ2v) is 7.36. The molecule has 4 aliphatic carbocycles. The Labute approximate surface area is 139 Å². The summed E-state index contributed by atoms with van der Waals surface area (Å²) >= 11 is 0. The van der Waals surface area contributed by atoms with E-state index < -0.39 is 0 Å². The predicted molar refractivity (Wildman–Crippen MR) is 84.8 cm³/mol. The van der Waals surface area contributed by atoms with Crippen molar-refractivity contribution in [3.63, 3.8) is 0 Å². The Hall–Kier alpha value is -2.43. The minimum Gasteiger partial charge on any atom is -0.273 e. The molecule has 1 aromatic rings. The summed E-state index contributed by atoms with van der Waals surface area (Å²) in [6, 6.07) is 9.31. The first kappa shape index (κ1) is 14.0. The fraction of sp³-hybridized carbons (Fsp3) is 0.421. The van der Waals surface area contributed by atoms with E-state index >= 15 is 0 Å². The van der Waals surface area contributed by atoms with Gasteiger partial charge in [-0.15, -0.1) is 0 Å². The van der Waals surface area contributed by atoms with Crippen molar-refractivity contribution in [2.75, 3.05) is 0 Å². The number of carbonyl (C=O) groups is 3. The van der Waals surface area contributed by atoms with E-state index in [1.165, 1.54) is 0 Å². The van der Waals surface area contributed by atoms with Gasteiger partial charge in [-0.3, -0.25) is 19.8 Å². The summed E-state index contributed by atoms with van der Waals surface area (Å²) in [5, 5.41) is 0.998. The summed E-state index contributed by atoms with van der Waals surface area (Å²) in [5.74, 6) is 0.173. The molecule has 0 unspecified atom stereocenters. The average Bonchev–Trinajstić information content (AvgIpc) is 3.37. The van der Waals surface area contributed by atoms with Crippen LogP contribution in [0, 0.1) is 35.5 Å². The number of rotatable bonds is 3. The molecule has 5 nitrogen and oxygen atoms in total. The molecule has 1 N–H and O–H groups in total. The first-order valence-corrected chi connectivity index (χ1v) is 8.54. The number of allylic oxidation sites excluding steroid dienone is 2. The summed E-state index contributed by atoms with van der Waals surface area (Å²) in [4.78, 5) is 37.7. The number of amides is 3. The topological polar surface area (TPSA) is 66.5 Å². The third kappa shape index (κ3) is 1.84. The number of hydrazine groups is 1. The normalized spacial score (nSPS) is 38.1. The highest BCUT2D eigenvalue weighted by Crippen LogP contribution is 2.65. The second-order valence-electron chi connectivity index (χ2n) is 7.36. The number of hydrogen-bond donors (Lipinski definition) is 1. The fourth-order valence-corrected chi connectivity index (χ4v) is 5.01. The fourth-order valence-electron chi connectivity index (χ4n) is 5.01. The van der Waals surface area contributed by atoms with Gasteiger partial charge in [0, 0.05) is 0 Å². The number of benzene rings is 1. The van der Waals surface area contributed by atoms with Crippen LogP contribution in [0.4, 0.5) is 0 Å². The highest BCUT2D eigenvalue weighted by molar-refractivity contribution is 6.07. The lowest BCUT2D eigenvalue weighted by molar-refractivity contribution is -0.149. The van der Waals surface area contributed by atoms with Gasteiger partial charge in [0.2, 0.25) is 5.91 Å². The van der Waals surface area contributed by atoms with E-state index in [2.05, 4.69) is 17.6 Å². The molecule has 2 saturated carbocycles. The third-order valence-electron chi connectivity index (χ3n) is 6.11. The largest absolute Gasteiger partial charge is 0.273 e. The van der Waals surface area contributed by atoms with E-state index in [4.69, 9.17) is 0 Å². The molecule has 122 valence electrons. The smallest absolute Gasteiger partial charge is 0.252 e. The molecule has 1 saturated heterocycles. The highest BCUT2D eigenvalue weighted by Gasteiger charge is 2.67. The van der Waals surface area contributed by atoms with E-state index in [-0.39, 0.29) is 47.8 Å². The van der Waals surface area contributed by atoms with Crippen LogP contribution in [-0.2, 0) is 20.8 Å². The SMILES string of the molecule is O=C(Cc1ccccc1)NN1C(=O)[C@@H]2[C@@H]3C=C[C@H]([C@H]4C[C@H]34)[C@@H]2C1=O. The number of hydrogen-bond acceptors (Lipinski definition) is 3. The van der Waals surface area contributed by atoms with Crippen molar-refractivity contribution < 1.29 is 14.4 Å². The van der Waals surface area contributed by atoms with E-state index in [9.17, 15) is 14.4 Å². The summed E-state index contributed by atoms with van der Waals surface area (Å²) in [7, 11) is 0. The minimum atomic E-state index is -0.327. The summed E-state index contributed by atoms with van der Waals surface area (Å²) in [6.45, 7) is 0. The molecule has 5 heteroatoms. The van der Waals surface area contributed by atoms with Gasteiger partial charge in [-0.1, -0.05) is 42.5 Å². The van der Waals surface area contributed by atoms with Crippen molar-refractivity contribution in [1.29, 1.82) is 0 Å². The zero-order chi connectivity index (χ0) is 16.4. The summed E-state index contributed by atoms with van der Waals surface area (Å²) in [6.07, 6.45) is 5.54.